The number of aryl methyl sites for hydroxylation is 1. The molecule has 5 rings (SSSR count). The molecule has 1 fully saturated rings. The second-order valence-corrected chi connectivity index (χ2v) is 8.81. The van der Waals surface area contributed by atoms with E-state index in [4.69, 9.17) is 4.74 Å². The van der Waals surface area contributed by atoms with E-state index in [2.05, 4.69) is 4.98 Å². The normalized spacial score (nSPS) is 19.1. The predicted molar refractivity (Wildman–Crippen MR) is 126 cm³/mol. The van der Waals surface area contributed by atoms with E-state index in [0.29, 0.717) is 29.9 Å². The van der Waals surface area contributed by atoms with E-state index in [-0.39, 0.29) is 17.5 Å². The zero-order valence-electron chi connectivity index (χ0n) is 19.4. The SMILES string of the molecule is COc1cc(C=C2CC[C@H]3CCC=C(c4cc(F)c(F)c(F)c4)N3C2=O)ccc1-n1cnc(C)c1. The molecule has 180 valence electrons. The third-order valence-corrected chi connectivity index (χ3v) is 6.52. The van der Waals surface area contributed by atoms with Gasteiger partial charge in [0, 0.05) is 29.1 Å². The van der Waals surface area contributed by atoms with E-state index >= 15 is 0 Å². The highest BCUT2D eigenvalue weighted by atomic mass is 19.2. The van der Waals surface area contributed by atoms with Crippen LogP contribution in [-0.4, -0.2) is 33.5 Å². The van der Waals surface area contributed by atoms with Gasteiger partial charge in [-0.1, -0.05) is 12.1 Å². The molecule has 0 spiro atoms. The van der Waals surface area contributed by atoms with E-state index in [1.165, 1.54) is 0 Å². The molecule has 0 N–H and O–H groups in total. The smallest absolute Gasteiger partial charge is 0.254 e. The highest BCUT2D eigenvalue weighted by Crippen LogP contribution is 2.38. The molecule has 1 saturated heterocycles. The number of rotatable bonds is 4. The van der Waals surface area contributed by atoms with E-state index in [9.17, 15) is 18.0 Å². The average Bonchev–Trinajstić information content (AvgIpc) is 3.29. The first kappa shape index (κ1) is 23.0. The number of ether oxygens (including phenoxy) is 1. The Hall–Kier alpha value is -3.81. The van der Waals surface area contributed by atoms with Gasteiger partial charge < -0.3 is 14.2 Å². The second-order valence-electron chi connectivity index (χ2n) is 8.81. The summed E-state index contributed by atoms with van der Waals surface area (Å²) in [6.45, 7) is 1.90. The van der Waals surface area contributed by atoms with Crippen molar-refractivity contribution < 1.29 is 22.7 Å². The average molecular weight is 480 g/mol. The Labute approximate surface area is 201 Å². The van der Waals surface area contributed by atoms with Gasteiger partial charge in [-0.3, -0.25) is 4.79 Å². The van der Waals surface area contributed by atoms with Gasteiger partial charge in [0.15, 0.2) is 17.5 Å². The molecular formula is C27H24F3N3O2. The number of carbonyl (C=O) groups excluding carboxylic acids is 1. The molecule has 2 aliphatic heterocycles. The van der Waals surface area contributed by atoms with Crippen LogP contribution in [0.2, 0.25) is 0 Å². The van der Waals surface area contributed by atoms with Gasteiger partial charge in [-0.25, -0.2) is 18.2 Å². The van der Waals surface area contributed by atoms with Crippen molar-refractivity contribution in [1.82, 2.24) is 14.5 Å². The van der Waals surface area contributed by atoms with Crippen molar-refractivity contribution in [3.05, 3.63) is 88.8 Å². The van der Waals surface area contributed by atoms with Gasteiger partial charge in [-0.2, -0.15) is 0 Å². The molecule has 3 heterocycles. The summed E-state index contributed by atoms with van der Waals surface area (Å²) >= 11 is 0. The van der Waals surface area contributed by atoms with Gasteiger partial charge in [0.25, 0.3) is 5.91 Å². The van der Waals surface area contributed by atoms with Crippen LogP contribution in [0.5, 0.6) is 5.75 Å². The first-order valence-electron chi connectivity index (χ1n) is 11.4. The standard InChI is InChI=1S/C27H24F3N3O2/c1-16-14-32(15-31-16)24-9-6-17(11-25(24)35-2)10-18-7-8-20-4-3-5-23(33(20)27(18)34)19-12-21(28)26(30)22(29)13-19/h5-6,9-15,20H,3-4,7-8H2,1-2H3/t20-/m1/s1. The van der Waals surface area contributed by atoms with Crippen molar-refractivity contribution in [2.75, 3.05) is 7.11 Å². The molecule has 1 aromatic heterocycles. The first-order valence-corrected chi connectivity index (χ1v) is 11.4. The third-order valence-electron chi connectivity index (χ3n) is 6.52. The summed E-state index contributed by atoms with van der Waals surface area (Å²) in [5, 5.41) is 0. The Bertz CT molecular complexity index is 1350. The zero-order valence-corrected chi connectivity index (χ0v) is 19.4. The minimum Gasteiger partial charge on any atom is -0.495 e. The molecule has 35 heavy (non-hydrogen) atoms. The molecule has 2 aromatic carbocycles. The van der Waals surface area contributed by atoms with Crippen LogP contribution in [0.1, 0.15) is 42.5 Å². The van der Waals surface area contributed by atoms with Crippen LogP contribution < -0.4 is 4.74 Å². The first-order chi connectivity index (χ1) is 16.9. The van der Waals surface area contributed by atoms with Gasteiger partial charge in [0.2, 0.25) is 0 Å². The van der Waals surface area contributed by atoms with Crippen LogP contribution in [0.25, 0.3) is 17.5 Å². The summed E-state index contributed by atoms with van der Waals surface area (Å²) in [6.07, 6.45) is 9.97. The Balaban J connectivity index is 1.48. The molecule has 5 nitrogen and oxygen atoms in total. The van der Waals surface area contributed by atoms with Crippen molar-refractivity contribution in [3.8, 4) is 11.4 Å². The van der Waals surface area contributed by atoms with Crippen LogP contribution in [0.15, 0.2) is 54.5 Å². The Morgan fingerprint density at radius 2 is 1.89 bits per heavy atom. The van der Waals surface area contributed by atoms with E-state index < -0.39 is 17.5 Å². The molecule has 3 aromatic rings. The van der Waals surface area contributed by atoms with Gasteiger partial charge in [0.05, 0.1) is 24.8 Å². The number of amides is 1. The highest BCUT2D eigenvalue weighted by Gasteiger charge is 2.36. The quantitative estimate of drug-likeness (QED) is 0.350. The van der Waals surface area contributed by atoms with Crippen molar-refractivity contribution in [2.24, 2.45) is 0 Å². The van der Waals surface area contributed by atoms with Gasteiger partial charge in [-0.05, 0) is 68.5 Å². The van der Waals surface area contributed by atoms with Crippen LogP contribution in [-0.2, 0) is 4.79 Å². The number of methoxy groups -OCH3 is 1. The fraction of sp³-hybridized carbons (Fsp3) is 0.259. The maximum atomic E-state index is 13.9. The van der Waals surface area contributed by atoms with E-state index in [1.54, 1.807) is 24.4 Å². The molecule has 1 atom stereocenters. The number of halogens is 3. The summed E-state index contributed by atoms with van der Waals surface area (Å²) in [5.41, 5.74) is 3.66. The Morgan fingerprint density at radius 3 is 2.57 bits per heavy atom. The number of hydrogen-bond donors (Lipinski definition) is 0. The Kier molecular flexibility index (Phi) is 5.96. The minimum absolute atomic E-state index is 0.0720. The molecule has 0 saturated carbocycles. The van der Waals surface area contributed by atoms with Crippen molar-refractivity contribution >= 4 is 17.7 Å². The number of allylic oxidation sites excluding steroid dienone is 1. The largest absolute Gasteiger partial charge is 0.495 e. The number of imidazole rings is 1. The fourth-order valence-corrected chi connectivity index (χ4v) is 4.81. The van der Waals surface area contributed by atoms with E-state index in [0.717, 1.165) is 41.9 Å². The molecule has 8 heteroatoms. The monoisotopic (exact) mass is 479 g/mol. The molecule has 0 aliphatic carbocycles. The lowest BCUT2D eigenvalue weighted by Gasteiger charge is -2.41. The number of nitrogens with zero attached hydrogens (tertiary/aromatic N) is 3. The zero-order chi connectivity index (χ0) is 24.7. The molecule has 0 bridgehead atoms. The lowest BCUT2D eigenvalue weighted by Crippen LogP contribution is -2.45. The number of piperidine rings is 1. The number of hydrogen-bond acceptors (Lipinski definition) is 3. The van der Waals surface area contributed by atoms with Gasteiger partial charge in [-0.15, -0.1) is 0 Å². The lowest BCUT2D eigenvalue weighted by molar-refractivity contribution is -0.127. The summed E-state index contributed by atoms with van der Waals surface area (Å²) in [6, 6.07) is 7.47. The van der Waals surface area contributed by atoms with Crippen LogP contribution >= 0.6 is 0 Å². The minimum atomic E-state index is -1.52. The second kappa shape index (κ2) is 9.09. The molecule has 2 aliphatic rings. The van der Waals surface area contributed by atoms with Crippen LogP contribution in [0.4, 0.5) is 13.2 Å². The van der Waals surface area contributed by atoms with Gasteiger partial charge in [0.1, 0.15) is 5.75 Å². The maximum Gasteiger partial charge on any atom is 0.254 e. The molecule has 0 radical (unpaired) electrons. The molecular weight excluding hydrogens is 455 g/mol. The Morgan fingerprint density at radius 1 is 1.11 bits per heavy atom. The summed E-state index contributed by atoms with van der Waals surface area (Å²) in [7, 11) is 1.58. The summed E-state index contributed by atoms with van der Waals surface area (Å²) < 4.78 is 48.8. The highest BCUT2D eigenvalue weighted by molar-refractivity contribution is 6.03. The van der Waals surface area contributed by atoms with E-state index in [1.807, 2.05) is 42.0 Å². The molecule has 1 amide bonds. The fourth-order valence-electron chi connectivity index (χ4n) is 4.81. The third kappa shape index (κ3) is 4.24. The lowest BCUT2D eigenvalue weighted by atomic mass is 9.88. The van der Waals surface area contributed by atoms with Crippen molar-refractivity contribution in [1.29, 1.82) is 0 Å². The number of benzene rings is 2. The van der Waals surface area contributed by atoms with Crippen LogP contribution in [0.3, 0.4) is 0 Å². The van der Waals surface area contributed by atoms with Crippen molar-refractivity contribution in [2.45, 2.75) is 38.6 Å². The van der Waals surface area contributed by atoms with Crippen LogP contribution in [0, 0.1) is 24.4 Å². The molecule has 0 unspecified atom stereocenters. The number of carbonyl (C=O) groups is 1. The maximum absolute atomic E-state index is 13.9. The summed E-state index contributed by atoms with van der Waals surface area (Å²) in [4.78, 5) is 19.4. The number of aromatic nitrogens is 2. The number of fused-ring (bicyclic) bond motifs is 1. The topological polar surface area (TPSA) is 47.4 Å². The van der Waals surface area contributed by atoms with Gasteiger partial charge >= 0.3 is 0 Å². The summed E-state index contributed by atoms with van der Waals surface area (Å²) in [5.74, 6) is -3.65. The predicted octanol–water partition coefficient (Wildman–Crippen LogP) is 5.82. The van der Waals surface area contributed by atoms with Crippen molar-refractivity contribution in [3.63, 3.8) is 0 Å².